The third-order valence-corrected chi connectivity index (χ3v) is 4.88. The quantitative estimate of drug-likeness (QED) is 0.621. The third kappa shape index (κ3) is 5.31. The van der Waals surface area contributed by atoms with E-state index in [2.05, 4.69) is 30.4 Å². The summed E-state index contributed by atoms with van der Waals surface area (Å²) < 4.78 is 5.52. The Hall–Kier alpha value is -1.02. The van der Waals surface area contributed by atoms with Crippen LogP contribution in [0.5, 0.6) is 5.75 Å². The van der Waals surface area contributed by atoms with E-state index >= 15 is 0 Å². The molecule has 2 heteroatoms. The van der Waals surface area contributed by atoms with Gasteiger partial charge in [-0.15, -0.1) is 0 Å². The molecule has 0 saturated carbocycles. The molecule has 1 aromatic carbocycles. The van der Waals surface area contributed by atoms with Crippen molar-refractivity contribution in [2.24, 2.45) is 0 Å². The number of methoxy groups -OCH3 is 1. The summed E-state index contributed by atoms with van der Waals surface area (Å²) >= 11 is 0. The molecular formula is C20H33NO. The second kappa shape index (κ2) is 9.89. The minimum absolute atomic E-state index is 0.629. The monoisotopic (exact) mass is 303 g/mol. The molecule has 0 aromatic heterocycles. The SMILES string of the molecule is CCCCCCCCCNC1CCc2cccc(OC)c2C1. The molecule has 0 amide bonds. The van der Waals surface area contributed by atoms with Gasteiger partial charge in [0.25, 0.3) is 0 Å². The predicted octanol–water partition coefficient (Wildman–Crippen LogP) is 4.89. The van der Waals surface area contributed by atoms with Crippen LogP contribution in [0.15, 0.2) is 18.2 Å². The molecule has 0 radical (unpaired) electrons. The number of hydrogen-bond donors (Lipinski definition) is 1. The van der Waals surface area contributed by atoms with Crippen LogP contribution in [0.1, 0.15) is 69.4 Å². The maximum absolute atomic E-state index is 5.52. The zero-order valence-corrected chi connectivity index (χ0v) is 14.5. The van der Waals surface area contributed by atoms with Crippen molar-refractivity contribution >= 4 is 0 Å². The first-order chi connectivity index (χ1) is 10.8. The molecule has 0 aliphatic heterocycles. The molecular weight excluding hydrogens is 270 g/mol. The molecule has 0 heterocycles. The number of benzene rings is 1. The fourth-order valence-corrected chi connectivity index (χ4v) is 3.51. The van der Waals surface area contributed by atoms with Gasteiger partial charge in [0.1, 0.15) is 5.75 Å². The summed E-state index contributed by atoms with van der Waals surface area (Å²) in [5.74, 6) is 1.07. The summed E-state index contributed by atoms with van der Waals surface area (Å²) in [5.41, 5.74) is 2.90. The van der Waals surface area contributed by atoms with Gasteiger partial charge < -0.3 is 10.1 Å². The van der Waals surface area contributed by atoms with Gasteiger partial charge in [-0.2, -0.15) is 0 Å². The molecule has 1 atom stereocenters. The molecule has 1 aliphatic carbocycles. The van der Waals surface area contributed by atoms with E-state index < -0.39 is 0 Å². The molecule has 1 aliphatic rings. The van der Waals surface area contributed by atoms with Gasteiger partial charge in [0, 0.05) is 6.04 Å². The topological polar surface area (TPSA) is 21.3 Å². The highest BCUT2D eigenvalue weighted by atomic mass is 16.5. The molecule has 22 heavy (non-hydrogen) atoms. The Morgan fingerprint density at radius 2 is 1.86 bits per heavy atom. The second-order valence-corrected chi connectivity index (χ2v) is 6.61. The Labute approximate surface area is 136 Å². The van der Waals surface area contributed by atoms with Gasteiger partial charge in [-0.25, -0.2) is 0 Å². The highest BCUT2D eigenvalue weighted by Gasteiger charge is 2.20. The van der Waals surface area contributed by atoms with Crippen LogP contribution >= 0.6 is 0 Å². The summed E-state index contributed by atoms with van der Waals surface area (Å²) in [5, 5.41) is 3.76. The number of hydrogen-bond acceptors (Lipinski definition) is 2. The van der Waals surface area contributed by atoms with Gasteiger partial charge in [-0.3, -0.25) is 0 Å². The Morgan fingerprint density at radius 3 is 2.64 bits per heavy atom. The standard InChI is InChI=1S/C20H33NO/c1-3-4-5-6-7-8-9-15-21-18-14-13-17-11-10-12-20(22-2)19(17)16-18/h10-12,18,21H,3-9,13-16H2,1-2H3. The lowest BCUT2D eigenvalue weighted by molar-refractivity contribution is 0.392. The molecule has 0 bridgehead atoms. The van der Waals surface area contributed by atoms with E-state index in [0.29, 0.717) is 6.04 Å². The fraction of sp³-hybridized carbons (Fsp3) is 0.700. The molecule has 1 N–H and O–H groups in total. The van der Waals surface area contributed by atoms with Crippen LogP contribution in [0.2, 0.25) is 0 Å². The van der Waals surface area contributed by atoms with Gasteiger partial charge in [0.15, 0.2) is 0 Å². The van der Waals surface area contributed by atoms with Gasteiger partial charge in [0.05, 0.1) is 7.11 Å². The Bertz CT molecular complexity index is 415. The lowest BCUT2D eigenvalue weighted by Gasteiger charge is -2.27. The number of rotatable bonds is 10. The maximum Gasteiger partial charge on any atom is 0.122 e. The van der Waals surface area contributed by atoms with Crippen LogP contribution < -0.4 is 10.1 Å². The Kier molecular flexibility index (Phi) is 7.79. The zero-order chi connectivity index (χ0) is 15.6. The van der Waals surface area contributed by atoms with Gasteiger partial charge in [-0.1, -0.05) is 57.6 Å². The first-order valence-electron chi connectivity index (χ1n) is 9.23. The summed E-state index contributed by atoms with van der Waals surface area (Å²) in [6.45, 7) is 3.45. The van der Waals surface area contributed by atoms with Crippen LogP contribution in [0.25, 0.3) is 0 Å². The molecule has 0 saturated heterocycles. The van der Waals surface area contributed by atoms with Crippen molar-refractivity contribution < 1.29 is 4.74 Å². The number of fused-ring (bicyclic) bond motifs is 1. The van der Waals surface area contributed by atoms with Crippen molar-refractivity contribution in [2.45, 2.75) is 77.2 Å². The van der Waals surface area contributed by atoms with E-state index in [1.165, 1.54) is 75.5 Å². The van der Waals surface area contributed by atoms with Crippen LogP contribution in [0.3, 0.4) is 0 Å². The molecule has 0 fully saturated rings. The summed E-state index contributed by atoms with van der Waals surface area (Å²) in [4.78, 5) is 0. The van der Waals surface area contributed by atoms with Crippen molar-refractivity contribution in [3.05, 3.63) is 29.3 Å². The maximum atomic E-state index is 5.52. The predicted molar refractivity (Wildman–Crippen MR) is 94.8 cm³/mol. The second-order valence-electron chi connectivity index (χ2n) is 6.61. The van der Waals surface area contributed by atoms with Crippen molar-refractivity contribution in [3.8, 4) is 5.75 Å². The Balaban J connectivity index is 1.64. The molecule has 124 valence electrons. The first-order valence-corrected chi connectivity index (χ1v) is 9.23. The minimum Gasteiger partial charge on any atom is -0.496 e. The number of ether oxygens (including phenoxy) is 1. The average Bonchev–Trinajstić information content (AvgIpc) is 2.56. The summed E-state index contributed by atoms with van der Waals surface area (Å²) in [6, 6.07) is 7.09. The smallest absolute Gasteiger partial charge is 0.122 e. The third-order valence-electron chi connectivity index (χ3n) is 4.88. The largest absolute Gasteiger partial charge is 0.496 e. The highest BCUT2D eigenvalue weighted by molar-refractivity contribution is 5.42. The molecule has 2 rings (SSSR count). The lowest BCUT2D eigenvalue weighted by Crippen LogP contribution is -2.35. The number of nitrogens with one attached hydrogen (secondary N) is 1. The van der Waals surface area contributed by atoms with Crippen LogP contribution in [-0.4, -0.2) is 19.7 Å². The molecule has 2 nitrogen and oxygen atoms in total. The zero-order valence-electron chi connectivity index (χ0n) is 14.5. The van der Waals surface area contributed by atoms with E-state index in [1.54, 1.807) is 7.11 Å². The van der Waals surface area contributed by atoms with E-state index in [0.717, 1.165) is 12.2 Å². The van der Waals surface area contributed by atoms with Crippen LogP contribution in [0, 0.1) is 0 Å². The van der Waals surface area contributed by atoms with E-state index in [9.17, 15) is 0 Å². The summed E-state index contributed by atoms with van der Waals surface area (Å²) in [6.07, 6.45) is 13.3. The fourth-order valence-electron chi connectivity index (χ4n) is 3.51. The van der Waals surface area contributed by atoms with Crippen LogP contribution in [0.4, 0.5) is 0 Å². The normalized spacial score (nSPS) is 17.3. The summed E-state index contributed by atoms with van der Waals surface area (Å²) in [7, 11) is 1.78. The first kappa shape index (κ1) is 17.3. The molecule has 1 aromatic rings. The van der Waals surface area contributed by atoms with Gasteiger partial charge in [-0.05, 0) is 49.4 Å². The van der Waals surface area contributed by atoms with Crippen molar-refractivity contribution in [3.63, 3.8) is 0 Å². The van der Waals surface area contributed by atoms with Gasteiger partial charge >= 0.3 is 0 Å². The Morgan fingerprint density at radius 1 is 1.09 bits per heavy atom. The van der Waals surface area contributed by atoms with Gasteiger partial charge in [0.2, 0.25) is 0 Å². The van der Waals surface area contributed by atoms with Crippen molar-refractivity contribution in [2.75, 3.05) is 13.7 Å². The van der Waals surface area contributed by atoms with Crippen molar-refractivity contribution in [1.29, 1.82) is 0 Å². The van der Waals surface area contributed by atoms with E-state index in [4.69, 9.17) is 4.74 Å². The number of aryl methyl sites for hydroxylation is 1. The van der Waals surface area contributed by atoms with Crippen LogP contribution in [-0.2, 0) is 12.8 Å². The lowest BCUT2D eigenvalue weighted by atomic mass is 9.87. The van der Waals surface area contributed by atoms with Crippen molar-refractivity contribution in [1.82, 2.24) is 5.32 Å². The number of unbranched alkanes of at least 4 members (excludes halogenated alkanes) is 6. The highest BCUT2D eigenvalue weighted by Crippen LogP contribution is 2.29. The van der Waals surface area contributed by atoms with E-state index in [1.807, 2.05) is 0 Å². The minimum atomic E-state index is 0.629. The molecule has 0 spiro atoms. The van der Waals surface area contributed by atoms with E-state index in [-0.39, 0.29) is 0 Å². The molecule has 1 unspecified atom stereocenters. The average molecular weight is 303 g/mol.